The maximum atomic E-state index is 5.57. The molecule has 1 aromatic carbocycles. The fraction of sp³-hybridized carbons (Fsp3) is 0.385. The van der Waals surface area contributed by atoms with Crippen LogP contribution in [0, 0.1) is 0 Å². The smallest absolute Gasteiger partial charge is 0.0716 e. The molecule has 0 saturated heterocycles. The van der Waals surface area contributed by atoms with Gasteiger partial charge < -0.3 is 10.1 Å². The summed E-state index contributed by atoms with van der Waals surface area (Å²) < 4.78 is 5.57. The lowest BCUT2D eigenvalue weighted by atomic mass is 10.2. The molecular weight excluding hydrogens is 186 g/mol. The van der Waals surface area contributed by atoms with Crippen LogP contribution < -0.4 is 5.32 Å². The summed E-state index contributed by atoms with van der Waals surface area (Å²) in [5.41, 5.74) is 1.22. The second-order valence-electron chi connectivity index (χ2n) is 3.46. The average Bonchev–Trinajstić information content (AvgIpc) is 2.31. The minimum atomic E-state index is 0.348. The van der Waals surface area contributed by atoms with Crippen molar-refractivity contribution in [3.8, 4) is 0 Å². The van der Waals surface area contributed by atoms with Gasteiger partial charge in [0.05, 0.1) is 6.61 Å². The van der Waals surface area contributed by atoms with Crippen molar-refractivity contribution in [1.82, 2.24) is 5.32 Å². The zero-order chi connectivity index (χ0) is 10.9. The summed E-state index contributed by atoms with van der Waals surface area (Å²) in [7, 11) is 1.93. The first-order valence-corrected chi connectivity index (χ1v) is 5.28. The van der Waals surface area contributed by atoms with Gasteiger partial charge in [-0.05, 0) is 19.0 Å². The van der Waals surface area contributed by atoms with Gasteiger partial charge in [0.1, 0.15) is 0 Å². The first kappa shape index (κ1) is 12.0. The molecule has 2 heteroatoms. The summed E-state index contributed by atoms with van der Waals surface area (Å²) in [6, 6.07) is 10.6. The molecule has 1 aromatic rings. The predicted molar refractivity (Wildman–Crippen MR) is 63.8 cm³/mol. The molecule has 2 nitrogen and oxygen atoms in total. The molecule has 0 aliphatic heterocycles. The molecule has 1 atom stereocenters. The molecule has 0 bridgehead atoms. The molecule has 0 fully saturated rings. The Labute approximate surface area is 92.0 Å². The second-order valence-corrected chi connectivity index (χ2v) is 3.46. The maximum absolute atomic E-state index is 5.57. The van der Waals surface area contributed by atoms with Gasteiger partial charge in [0, 0.05) is 12.6 Å². The summed E-state index contributed by atoms with van der Waals surface area (Å²) in [6.45, 7) is 5.20. The first-order valence-electron chi connectivity index (χ1n) is 5.28. The van der Waals surface area contributed by atoms with Crippen molar-refractivity contribution in [2.24, 2.45) is 0 Å². The van der Waals surface area contributed by atoms with Gasteiger partial charge in [0.15, 0.2) is 0 Å². The Balaban J connectivity index is 2.14. The number of hydrogen-bond acceptors (Lipinski definition) is 2. The highest BCUT2D eigenvalue weighted by Gasteiger charge is 1.99. The number of ether oxygens (including phenoxy) is 1. The molecule has 1 rings (SSSR count). The fourth-order valence-corrected chi connectivity index (χ4v) is 1.35. The van der Waals surface area contributed by atoms with Crippen LogP contribution in [0.4, 0.5) is 0 Å². The van der Waals surface area contributed by atoms with E-state index in [4.69, 9.17) is 4.74 Å². The van der Waals surface area contributed by atoms with Crippen molar-refractivity contribution in [2.45, 2.75) is 19.1 Å². The van der Waals surface area contributed by atoms with E-state index in [0.29, 0.717) is 12.6 Å². The normalized spacial score (nSPS) is 12.3. The second kappa shape index (κ2) is 7.21. The van der Waals surface area contributed by atoms with Crippen molar-refractivity contribution in [3.05, 3.63) is 48.6 Å². The lowest BCUT2D eigenvalue weighted by Gasteiger charge is -2.11. The third kappa shape index (κ3) is 4.77. The standard InChI is InChI=1S/C13H19NO/c1-3-13(14-2)9-10-15-11-12-7-5-4-6-8-12/h3-8,13-14H,1,9-11H2,2H3. The van der Waals surface area contributed by atoms with Gasteiger partial charge in [-0.1, -0.05) is 36.4 Å². The van der Waals surface area contributed by atoms with E-state index in [0.717, 1.165) is 13.0 Å². The summed E-state index contributed by atoms with van der Waals surface area (Å²) in [5.74, 6) is 0. The molecule has 0 saturated carbocycles. The van der Waals surface area contributed by atoms with E-state index in [1.807, 2.05) is 31.3 Å². The summed E-state index contributed by atoms with van der Waals surface area (Å²) in [4.78, 5) is 0. The Morgan fingerprint density at radius 1 is 1.40 bits per heavy atom. The summed E-state index contributed by atoms with van der Waals surface area (Å²) >= 11 is 0. The number of likely N-dealkylation sites (N-methyl/N-ethyl adjacent to an activating group) is 1. The van der Waals surface area contributed by atoms with Crippen molar-refractivity contribution in [2.75, 3.05) is 13.7 Å². The largest absolute Gasteiger partial charge is 0.377 e. The van der Waals surface area contributed by atoms with Crippen LogP contribution in [-0.4, -0.2) is 19.7 Å². The third-order valence-corrected chi connectivity index (χ3v) is 2.34. The van der Waals surface area contributed by atoms with Crippen molar-refractivity contribution < 1.29 is 4.74 Å². The first-order chi connectivity index (χ1) is 7.36. The van der Waals surface area contributed by atoms with Crippen LogP contribution >= 0.6 is 0 Å². The van der Waals surface area contributed by atoms with E-state index >= 15 is 0 Å². The quantitative estimate of drug-likeness (QED) is 0.545. The number of nitrogens with one attached hydrogen (secondary N) is 1. The van der Waals surface area contributed by atoms with Crippen LogP contribution in [0.2, 0.25) is 0 Å². The summed E-state index contributed by atoms with van der Waals surface area (Å²) in [5, 5.41) is 3.15. The van der Waals surface area contributed by atoms with Crippen LogP contribution in [0.5, 0.6) is 0 Å². The van der Waals surface area contributed by atoms with Gasteiger partial charge in [-0.3, -0.25) is 0 Å². The molecule has 0 radical (unpaired) electrons. The lowest BCUT2D eigenvalue weighted by molar-refractivity contribution is 0.115. The van der Waals surface area contributed by atoms with Crippen molar-refractivity contribution in [1.29, 1.82) is 0 Å². The molecule has 0 heterocycles. The van der Waals surface area contributed by atoms with E-state index in [1.54, 1.807) is 0 Å². The van der Waals surface area contributed by atoms with Crippen LogP contribution in [0.1, 0.15) is 12.0 Å². The van der Waals surface area contributed by atoms with Crippen LogP contribution in [0.25, 0.3) is 0 Å². The zero-order valence-corrected chi connectivity index (χ0v) is 9.28. The van der Waals surface area contributed by atoms with E-state index < -0.39 is 0 Å². The number of hydrogen-bond donors (Lipinski definition) is 1. The lowest BCUT2D eigenvalue weighted by Crippen LogP contribution is -2.23. The zero-order valence-electron chi connectivity index (χ0n) is 9.28. The van der Waals surface area contributed by atoms with Gasteiger partial charge in [-0.2, -0.15) is 0 Å². The fourth-order valence-electron chi connectivity index (χ4n) is 1.35. The molecule has 0 spiro atoms. The van der Waals surface area contributed by atoms with E-state index in [9.17, 15) is 0 Å². The van der Waals surface area contributed by atoms with E-state index in [1.165, 1.54) is 5.56 Å². The van der Waals surface area contributed by atoms with Gasteiger partial charge in [0.2, 0.25) is 0 Å². The highest BCUT2D eigenvalue weighted by Crippen LogP contribution is 2.01. The predicted octanol–water partition coefficient (Wildman–Crippen LogP) is 2.37. The average molecular weight is 205 g/mol. The summed E-state index contributed by atoms with van der Waals surface area (Å²) in [6.07, 6.45) is 2.87. The molecular formula is C13H19NO. The van der Waals surface area contributed by atoms with Crippen molar-refractivity contribution >= 4 is 0 Å². The molecule has 1 N–H and O–H groups in total. The van der Waals surface area contributed by atoms with Crippen LogP contribution in [0.3, 0.4) is 0 Å². The molecule has 1 unspecified atom stereocenters. The Morgan fingerprint density at radius 3 is 2.73 bits per heavy atom. The molecule has 0 aromatic heterocycles. The highest BCUT2D eigenvalue weighted by molar-refractivity contribution is 5.13. The third-order valence-electron chi connectivity index (χ3n) is 2.34. The van der Waals surface area contributed by atoms with Crippen molar-refractivity contribution in [3.63, 3.8) is 0 Å². The highest BCUT2D eigenvalue weighted by atomic mass is 16.5. The Bertz CT molecular complexity index is 271. The minimum absolute atomic E-state index is 0.348. The molecule has 82 valence electrons. The van der Waals surface area contributed by atoms with E-state index in [2.05, 4.69) is 24.0 Å². The molecule has 0 aliphatic carbocycles. The molecule has 0 amide bonds. The Hall–Kier alpha value is -1.12. The topological polar surface area (TPSA) is 21.3 Å². The SMILES string of the molecule is C=CC(CCOCc1ccccc1)NC. The van der Waals surface area contributed by atoms with Gasteiger partial charge in [-0.25, -0.2) is 0 Å². The van der Waals surface area contributed by atoms with Gasteiger partial charge >= 0.3 is 0 Å². The number of benzene rings is 1. The number of rotatable bonds is 7. The Morgan fingerprint density at radius 2 is 2.13 bits per heavy atom. The molecule has 15 heavy (non-hydrogen) atoms. The molecule has 0 aliphatic rings. The van der Waals surface area contributed by atoms with Crippen LogP contribution in [0.15, 0.2) is 43.0 Å². The maximum Gasteiger partial charge on any atom is 0.0716 e. The van der Waals surface area contributed by atoms with E-state index in [-0.39, 0.29) is 0 Å². The monoisotopic (exact) mass is 205 g/mol. The van der Waals surface area contributed by atoms with Gasteiger partial charge in [0.25, 0.3) is 0 Å². The van der Waals surface area contributed by atoms with Crippen LogP contribution in [-0.2, 0) is 11.3 Å². The Kier molecular flexibility index (Phi) is 5.74. The minimum Gasteiger partial charge on any atom is -0.377 e. The van der Waals surface area contributed by atoms with Gasteiger partial charge in [-0.15, -0.1) is 6.58 Å².